The molecule has 1 N–H and O–H groups in total. The minimum atomic E-state index is 0.700. The van der Waals surface area contributed by atoms with Crippen LogP contribution in [0, 0.1) is 5.92 Å². The van der Waals surface area contributed by atoms with E-state index in [0.717, 1.165) is 73.8 Å². The third kappa shape index (κ3) is 4.81. The summed E-state index contributed by atoms with van der Waals surface area (Å²) in [5.74, 6) is 2.57. The lowest BCUT2D eigenvalue weighted by molar-refractivity contribution is 0.0331. The van der Waals surface area contributed by atoms with Crippen molar-refractivity contribution in [3.63, 3.8) is 0 Å². The molecular weight excluding hydrogens is 396 g/mol. The fourth-order valence-electron chi connectivity index (χ4n) is 3.75. The van der Waals surface area contributed by atoms with E-state index in [1.165, 1.54) is 24.0 Å². The molecule has 1 saturated carbocycles. The van der Waals surface area contributed by atoms with Gasteiger partial charge >= 0.3 is 0 Å². The first-order valence-electron chi connectivity index (χ1n) is 10.8. The number of fused-ring (bicyclic) bond motifs is 1. The van der Waals surface area contributed by atoms with E-state index in [1.54, 1.807) is 11.3 Å². The molecule has 7 heteroatoms. The molecule has 1 aliphatic heterocycles. The number of hydrogen-bond donors (Lipinski definition) is 1. The van der Waals surface area contributed by atoms with Crippen molar-refractivity contribution in [3.8, 4) is 11.1 Å². The van der Waals surface area contributed by atoms with Gasteiger partial charge in [0.15, 0.2) is 0 Å². The Hall–Kier alpha value is -2.06. The highest BCUT2D eigenvalue weighted by Gasteiger charge is 2.21. The summed E-state index contributed by atoms with van der Waals surface area (Å²) < 4.78 is 11.3. The Morgan fingerprint density at radius 3 is 2.77 bits per heavy atom. The second-order valence-corrected chi connectivity index (χ2v) is 8.88. The average Bonchev–Trinajstić information content (AvgIpc) is 3.51. The van der Waals surface area contributed by atoms with E-state index in [0.29, 0.717) is 6.61 Å². The predicted octanol–water partition coefficient (Wildman–Crippen LogP) is 4.03. The molecular formula is C23H28N4O2S. The van der Waals surface area contributed by atoms with Gasteiger partial charge in [-0.1, -0.05) is 30.3 Å². The van der Waals surface area contributed by atoms with Crippen molar-refractivity contribution in [1.82, 2.24) is 14.9 Å². The summed E-state index contributed by atoms with van der Waals surface area (Å²) in [6, 6.07) is 10.5. The van der Waals surface area contributed by atoms with Crippen molar-refractivity contribution < 1.29 is 9.47 Å². The number of thiophene rings is 1. The molecule has 3 heterocycles. The van der Waals surface area contributed by atoms with E-state index in [2.05, 4.69) is 39.9 Å². The Morgan fingerprint density at radius 1 is 1.13 bits per heavy atom. The molecule has 1 aliphatic carbocycles. The topological polar surface area (TPSA) is 59.5 Å². The van der Waals surface area contributed by atoms with Crippen LogP contribution in [0.4, 0.5) is 5.82 Å². The van der Waals surface area contributed by atoms with Crippen LogP contribution in [-0.4, -0.2) is 60.9 Å². The van der Waals surface area contributed by atoms with Crippen molar-refractivity contribution in [2.24, 2.45) is 5.92 Å². The van der Waals surface area contributed by atoms with E-state index < -0.39 is 0 Å². The maximum Gasteiger partial charge on any atom is 0.146 e. The molecule has 2 fully saturated rings. The minimum absolute atomic E-state index is 0.700. The lowest BCUT2D eigenvalue weighted by Gasteiger charge is -2.25. The number of hydrogen-bond acceptors (Lipinski definition) is 7. The zero-order chi connectivity index (χ0) is 20.2. The van der Waals surface area contributed by atoms with E-state index in [4.69, 9.17) is 19.4 Å². The molecule has 1 saturated heterocycles. The van der Waals surface area contributed by atoms with Crippen LogP contribution in [-0.2, 0) is 16.0 Å². The van der Waals surface area contributed by atoms with Crippen LogP contribution in [0.2, 0.25) is 0 Å². The zero-order valence-corrected chi connectivity index (χ0v) is 18.0. The van der Waals surface area contributed by atoms with Crippen molar-refractivity contribution in [2.45, 2.75) is 19.4 Å². The first-order chi connectivity index (χ1) is 14.9. The molecule has 0 unspecified atom stereocenters. The SMILES string of the molecule is c1ccc(-c2csc3nc(CN4CCOCC4)nc(NCCOCC4CC4)c23)cc1. The van der Waals surface area contributed by atoms with Crippen LogP contribution in [0.15, 0.2) is 35.7 Å². The molecule has 1 aromatic carbocycles. The highest BCUT2D eigenvalue weighted by atomic mass is 32.1. The van der Waals surface area contributed by atoms with Crippen LogP contribution in [0.25, 0.3) is 21.3 Å². The van der Waals surface area contributed by atoms with Gasteiger partial charge in [-0.15, -0.1) is 11.3 Å². The van der Waals surface area contributed by atoms with Crippen LogP contribution >= 0.6 is 11.3 Å². The Bertz CT molecular complexity index is 968. The van der Waals surface area contributed by atoms with Crippen molar-refractivity contribution in [3.05, 3.63) is 41.5 Å². The van der Waals surface area contributed by atoms with Gasteiger partial charge in [0.05, 0.1) is 31.8 Å². The van der Waals surface area contributed by atoms with Gasteiger partial charge in [0, 0.05) is 37.2 Å². The number of aromatic nitrogens is 2. The summed E-state index contributed by atoms with van der Waals surface area (Å²) in [6.45, 7) is 6.51. The largest absolute Gasteiger partial charge is 0.379 e. The molecule has 2 aromatic heterocycles. The summed E-state index contributed by atoms with van der Waals surface area (Å²) in [4.78, 5) is 13.2. The van der Waals surface area contributed by atoms with Crippen LogP contribution < -0.4 is 5.32 Å². The minimum Gasteiger partial charge on any atom is -0.379 e. The predicted molar refractivity (Wildman–Crippen MR) is 121 cm³/mol. The first kappa shape index (κ1) is 19.9. The highest BCUT2D eigenvalue weighted by molar-refractivity contribution is 7.17. The fourth-order valence-corrected chi connectivity index (χ4v) is 4.72. The smallest absolute Gasteiger partial charge is 0.146 e. The van der Waals surface area contributed by atoms with Crippen LogP contribution in [0.3, 0.4) is 0 Å². The number of nitrogens with zero attached hydrogens (tertiary/aromatic N) is 3. The third-order valence-corrected chi connectivity index (χ3v) is 6.49. The van der Waals surface area contributed by atoms with Gasteiger partial charge in [0.2, 0.25) is 0 Å². The Kier molecular flexibility index (Phi) is 6.22. The van der Waals surface area contributed by atoms with Crippen LogP contribution in [0.5, 0.6) is 0 Å². The monoisotopic (exact) mass is 424 g/mol. The highest BCUT2D eigenvalue weighted by Crippen LogP contribution is 2.37. The number of rotatable bonds is 9. The summed E-state index contributed by atoms with van der Waals surface area (Å²) in [5.41, 5.74) is 2.39. The average molecular weight is 425 g/mol. The molecule has 30 heavy (non-hydrogen) atoms. The molecule has 0 amide bonds. The number of ether oxygens (including phenoxy) is 2. The van der Waals surface area contributed by atoms with Gasteiger partial charge in [-0.3, -0.25) is 4.90 Å². The maximum absolute atomic E-state index is 5.81. The van der Waals surface area contributed by atoms with E-state index in [1.807, 2.05) is 6.07 Å². The first-order valence-corrected chi connectivity index (χ1v) is 11.7. The molecule has 5 rings (SSSR count). The summed E-state index contributed by atoms with van der Waals surface area (Å²) in [7, 11) is 0. The normalized spacial score (nSPS) is 17.5. The van der Waals surface area contributed by atoms with E-state index in [-0.39, 0.29) is 0 Å². The van der Waals surface area contributed by atoms with Gasteiger partial charge < -0.3 is 14.8 Å². The zero-order valence-electron chi connectivity index (χ0n) is 17.2. The van der Waals surface area contributed by atoms with Crippen molar-refractivity contribution >= 4 is 27.4 Å². The standard InChI is InChI=1S/C23H28N4O2S/c1-2-4-18(5-3-1)19-16-30-23-21(19)22(24-8-11-29-15-17-6-7-17)25-20(26-23)14-27-9-12-28-13-10-27/h1-5,16-17H,6-15H2,(H,24,25,26). The van der Waals surface area contributed by atoms with Gasteiger partial charge in [0.1, 0.15) is 16.5 Å². The Morgan fingerprint density at radius 2 is 1.97 bits per heavy atom. The quantitative estimate of drug-likeness (QED) is 0.524. The molecule has 0 bridgehead atoms. The number of anilines is 1. The molecule has 6 nitrogen and oxygen atoms in total. The molecule has 0 atom stereocenters. The summed E-state index contributed by atoms with van der Waals surface area (Å²) in [6.07, 6.45) is 2.64. The van der Waals surface area contributed by atoms with Crippen LogP contribution in [0.1, 0.15) is 18.7 Å². The number of morpholine rings is 1. The van der Waals surface area contributed by atoms with Gasteiger partial charge in [0.25, 0.3) is 0 Å². The summed E-state index contributed by atoms with van der Waals surface area (Å²) >= 11 is 1.69. The fraction of sp³-hybridized carbons (Fsp3) is 0.478. The van der Waals surface area contributed by atoms with Gasteiger partial charge in [-0.2, -0.15) is 0 Å². The third-order valence-electron chi connectivity index (χ3n) is 5.62. The van der Waals surface area contributed by atoms with E-state index >= 15 is 0 Å². The lowest BCUT2D eigenvalue weighted by atomic mass is 10.1. The Balaban J connectivity index is 1.39. The van der Waals surface area contributed by atoms with Crippen molar-refractivity contribution in [1.29, 1.82) is 0 Å². The Labute approximate surface area is 181 Å². The molecule has 0 radical (unpaired) electrons. The maximum atomic E-state index is 5.81. The summed E-state index contributed by atoms with van der Waals surface area (Å²) in [5, 5.41) is 6.85. The number of benzene rings is 1. The van der Waals surface area contributed by atoms with Crippen molar-refractivity contribution in [2.75, 3.05) is 51.4 Å². The lowest BCUT2D eigenvalue weighted by Crippen LogP contribution is -2.36. The number of nitrogens with one attached hydrogen (secondary N) is 1. The second-order valence-electron chi connectivity index (χ2n) is 8.02. The molecule has 0 spiro atoms. The molecule has 3 aromatic rings. The molecule has 2 aliphatic rings. The van der Waals surface area contributed by atoms with E-state index in [9.17, 15) is 0 Å². The van der Waals surface area contributed by atoms with Gasteiger partial charge in [-0.05, 0) is 24.3 Å². The second kappa shape index (κ2) is 9.39. The van der Waals surface area contributed by atoms with Gasteiger partial charge in [-0.25, -0.2) is 9.97 Å². The molecule has 158 valence electrons.